The molecule has 2 N–H and O–H groups in total. The average Bonchev–Trinajstić information content (AvgIpc) is 3.10. The summed E-state index contributed by atoms with van der Waals surface area (Å²) < 4.78 is 23.4. The number of rotatable bonds is 6. The number of hydrogen-bond donors (Lipinski definition) is 2. The normalized spacial score (nSPS) is 11.2. The molecule has 0 fully saturated rings. The summed E-state index contributed by atoms with van der Waals surface area (Å²) in [5, 5.41) is 5.71. The van der Waals surface area contributed by atoms with E-state index in [2.05, 4.69) is 10.6 Å². The first kappa shape index (κ1) is 23.0. The maximum absolute atomic E-state index is 12.5. The van der Waals surface area contributed by atoms with Crippen LogP contribution in [0.4, 0.5) is 11.4 Å². The number of carbonyl (C=O) groups excluding carboxylic acids is 2. The second-order valence-electron chi connectivity index (χ2n) is 6.97. The molecule has 0 bridgehead atoms. The van der Waals surface area contributed by atoms with Crippen molar-refractivity contribution in [2.45, 2.75) is 25.2 Å². The van der Waals surface area contributed by atoms with Crippen molar-refractivity contribution in [2.24, 2.45) is 0 Å². The summed E-state index contributed by atoms with van der Waals surface area (Å²) in [5.74, 6) is -0.719. The Hall–Kier alpha value is -2.68. The van der Waals surface area contributed by atoms with Crippen LogP contribution < -0.4 is 10.6 Å². The van der Waals surface area contributed by atoms with Gasteiger partial charge in [-0.05, 0) is 61.4 Å². The highest BCUT2D eigenvalue weighted by molar-refractivity contribution is 7.90. The molecule has 9 heteroatoms. The van der Waals surface area contributed by atoms with Gasteiger partial charge in [0.1, 0.15) is 0 Å². The van der Waals surface area contributed by atoms with Gasteiger partial charge in [-0.1, -0.05) is 24.6 Å². The number of benzene rings is 2. The zero-order chi connectivity index (χ0) is 22.8. The molecule has 3 aromatic rings. The Morgan fingerprint density at radius 1 is 1.03 bits per heavy atom. The van der Waals surface area contributed by atoms with Crippen molar-refractivity contribution in [3.05, 3.63) is 74.4 Å². The summed E-state index contributed by atoms with van der Waals surface area (Å²) in [7, 11) is -3.43. The summed E-state index contributed by atoms with van der Waals surface area (Å²) in [6.07, 6.45) is 1.95. The second-order valence-corrected chi connectivity index (χ2v) is 10.5. The number of anilines is 2. The first-order valence-electron chi connectivity index (χ1n) is 9.40. The highest BCUT2D eigenvalue weighted by Gasteiger charge is 2.15. The standard InChI is InChI=1S/C22H21ClN2O4S2/c1-4-19-13(2)10-20(30-19)22(27)24-15-8-9-18(17(23)12-15)25-21(26)14-6-5-7-16(11-14)31(3,28)29/h5-12H,4H2,1-3H3,(H,24,27)(H,25,26). The molecule has 162 valence electrons. The predicted octanol–water partition coefficient (Wildman–Crippen LogP) is 5.18. The number of thiophene rings is 1. The van der Waals surface area contributed by atoms with Gasteiger partial charge < -0.3 is 10.6 Å². The van der Waals surface area contributed by atoms with Crippen molar-refractivity contribution < 1.29 is 18.0 Å². The molecule has 0 aliphatic heterocycles. The number of hydrogen-bond acceptors (Lipinski definition) is 5. The predicted molar refractivity (Wildman–Crippen MR) is 125 cm³/mol. The number of sulfone groups is 1. The van der Waals surface area contributed by atoms with Crippen LogP contribution in [0.2, 0.25) is 5.02 Å². The number of halogens is 1. The molecular formula is C22H21ClN2O4S2. The van der Waals surface area contributed by atoms with Crippen LogP contribution in [0.3, 0.4) is 0 Å². The molecule has 2 aromatic carbocycles. The quantitative estimate of drug-likeness (QED) is 0.512. The van der Waals surface area contributed by atoms with Crippen LogP contribution in [0.5, 0.6) is 0 Å². The molecule has 0 saturated heterocycles. The minimum absolute atomic E-state index is 0.0550. The summed E-state index contributed by atoms with van der Waals surface area (Å²) in [6.45, 7) is 4.02. The van der Waals surface area contributed by atoms with Crippen molar-refractivity contribution in [3.63, 3.8) is 0 Å². The number of amides is 2. The fourth-order valence-corrected chi connectivity index (χ4v) is 4.84. The molecular weight excluding hydrogens is 456 g/mol. The smallest absolute Gasteiger partial charge is 0.265 e. The summed E-state index contributed by atoms with van der Waals surface area (Å²) in [6, 6.07) is 12.4. The van der Waals surface area contributed by atoms with E-state index in [1.165, 1.54) is 40.5 Å². The van der Waals surface area contributed by atoms with E-state index in [-0.39, 0.29) is 21.4 Å². The van der Waals surface area contributed by atoms with Gasteiger partial charge in [0, 0.05) is 22.4 Å². The average molecular weight is 477 g/mol. The van der Waals surface area contributed by atoms with Crippen molar-refractivity contribution in [1.29, 1.82) is 0 Å². The van der Waals surface area contributed by atoms with Gasteiger partial charge in [0.15, 0.2) is 9.84 Å². The van der Waals surface area contributed by atoms with E-state index in [1.54, 1.807) is 18.2 Å². The minimum Gasteiger partial charge on any atom is -0.321 e. The Bertz CT molecular complexity index is 1270. The van der Waals surface area contributed by atoms with Crippen molar-refractivity contribution in [3.8, 4) is 0 Å². The molecule has 0 saturated carbocycles. The third kappa shape index (κ3) is 5.52. The van der Waals surface area contributed by atoms with Gasteiger partial charge in [-0.3, -0.25) is 9.59 Å². The number of carbonyl (C=O) groups is 2. The highest BCUT2D eigenvalue weighted by atomic mass is 35.5. The Morgan fingerprint density at radius 3 is 2.39 bits per heavy atom. The molecule has 1 heterocycles. The number of nitrogens with one attached hydrogen (secondary N) is 2. The summed E-state index contributed by atoms with van der Waals surface area (Å²) in [5.41, 5.74) is 2.12. The van der Waals surface area contributed by atoms with E-state index in [9.17, 15) is 18.0 Å². The van der Waals surface area contributed by atoms with Crippen molar-refractivity contribution in [2.75, 3.05) is 16.9 Å². The first-order valence-corrected chi connectivity index (χ1v) is 12.5. The molecule has 0 spiro atoms. The molecule has 0 aliphatic rings. The van der Waals surface area contributed by atoms with E-state index in [0.29, 0.717) is 16.3 Å². The van der Waals surface area contributed by atoms with E-state index in [0.717, 1.165) is 18.2 Å². The summed E-state index contributed by atoms with van der Waals surface area (Å²) in [4.78, 5) is 26.9. The Labute approximate surface area is 190 Å². The lowest BCUT2D eigenvalue weighted by Gasteiger charge is -2.10. The lowest BCUT2D eigenvalue weighted by molar-refractivity contribution is 0.102. The molecule has 0 unspecified atom stereocenters. The van der Waals surface area contributed by atoms with Crippen molar-refractivity contribution in [1.82, 2.24) is 0 Å². The molecule has 3 rings (SSSR count). The SMILES string of the molecule is CCc1sc(C(=O)Nc2ccc(NC(=O)c3cccc(S(C)(=O)=O)c3)c(Cl)c2)cc1C. The van der Waals surface area contributed by atoms with Gasteiger partial charge in [-0.2, -0.15) is 0 Å². The molecule has 6 nitrogen and oxygen atoms in total. The Morgan fingerprint density at radius 2 is 1.77 bits per heavy atom. The molecule has 2 amide bonds. The topological polar surface area (TPSA) is 92.3 Å². The Balaban J connectivity index is 1.73. The molecule has 0 atom stereocenters. The Kier molecular flexibility index (Phi) is 6.83. The van der Waals surface area contributed by atoms with Crippen LogP contribution in [0.25, 0.3) is 0 Å². The highest BCUT2D eigenvalue weighted by Crippen LogP contribution is 2.28. The van der Waals surface area contributed by atoms with Crippen LogP contribution in [-0.2, 0) is 16.3 Å². The maximum Gasteiger partial charge on any atom is 0.265 e. The fraction of sp³-hybridized carbons (Fsp3) is 0.182. The zero-order valence-electron chi connectivity index (χ0n) is 17.2. The molecule has 0 radical (unpaired) electrons. The van der Waals surface area contributed by atoms with Crippen LogP contribution in [0, 0.1) is 6.92 Å². The molecule has 1 aromatic heterocycles. The lowest BCUT2D eigenvalue weighted by atomic mass is 10.2. The van der Waals surface area contributed by atoms with Crippen molar-refractivity contribution >= 4 is 56.0 Å². The van der Waals surface area contributed by atoms with Gasteiger partial charge in [0.2, 0.25) is 0 Å². The van der Waals surface area contributed by atoms with Crippen LogP contribution in [-0.4, -0.2) is 26.5 Å². The largest absolute Gasteiger partial charge is 0.321 e. The van der Waals surface area contributed by atoms with Gasteiger partial charge in [0.05, 0.1) is 20.5 Å². The van der Waals surface area contributed by atoms with E-state index in [1.807, 2.05) is 19.9 Å². The number of aryl methyl sites for hydroxylation is 2. The van der Waals surface area contributed by atoms with Crippen LogP contribution >= 0.6 is 22.9 Å². The fourth-order valence-electron chi connectivity index (χ4n) is 2.93. The van der Waals surface area contributed by atoms with Gasteiger partial charge in [0.25, 0.3) is 11.8 Å². The van der Waals surface area contributed by atoms with Crippen LogP contribution in [0.1, 0.15) is 37.4 Å². The third-order valence-corrected chi connectivity index (χ3v) is 7.37. The van der Waals surface area contributed by atoms with E-state index in [4.69, 9.17) is 11.6 Å². The molecule has 0 aliphatic carbocycles. The van der Waals surface area contributed by atoms with E-state index >= 15 is 0 Å². The first-order chi connectivity index (χ1) is 14.6. The minimum atomic E-state index is -3.43. The second kappa shape index (κ2) is 9.21. The van der Waals surface area contributed by atoms with Crippen LogP contribution in [0.15, 0.2) is 53.4 Å². The monoisotopic (exact) mass is 476 g/mol. The lowest BCUT2D eigenvalue weighted by Crippen LogP contribution is -2.14. The third-order valence-electron chi connectivity index (χ3n) is 4.57. The maximum atomic E-state index is 12.5. The summed E-state index contributed by atoms with van der Waals surface area (Å²) >= 11 is 7.74. The zero-order valence-corrected chi connectivity index (χ0v) is 19.5. The van der Waals surface area contributed by atoms with Gasteiger partial charge in [-0.25, -0.2) is 8.42 Å². The molecule has 31 heavy (non-hydrogen) atoms. The van der Waals surface area contributed by atoms with Gasteiger partial charge in [-0.15, -0.1) is 11.3 Å². The van der Waals surface area contributed by atoms with Gasteiger partial charge >= 0.3 is 0 Å². The van der Waals surface area contributed by atoms with E-state index < -0.39 is 15.7 Å².